The lowest BCUT2D eigenvalue weighted by atomic mass is 10.3. The first kappa shape index (κ1) is 11.1. The third-order valence-electron chi connectivity index (χ3n) is 2.07. The number of aromatic amines is 1. The van der Waals surface area contributed by atoms with Gasteiger partial charge in [0.15, 0.2) is 5.82 Å². The Labute approximate surface area is 97.0 Å². The van der Waals surface area contributed by atoms with Crippen molar-refractivity contribution in [2.45, 2.75) is 6.92 Å². The molecule has 2 aromatic rings. The molecular formula is C11H11FN4O. The number of anilines is 2. The van der Waals surface area contributed by atoms with Crippen LogP contribution in [0.1, 0.15) is 5.69 Å². The highest BCUT2D eigenvalue weighted by atomic mass is 19.1. The van der Waals surface area contributed by atoms with Crippen molar-refractivity contribution in [3.63, 3.8) is 0 Å². The predicted molar refractivity (Wildman–Crippen MR) is 62.4 cm³/mol. The summed E-state index contributed by atoms with van der Waals surface area (Å²) in [6.45, 7) is 1.81. The molecule has 17 heavy (non-hydrogen) atoms. The van der Waals surface area contributed by atoms with Crippen molar-refractivity contribution in [3.05, 3.63) is 41.8 Å². The van der Waals surface area contributed by atoms with Gasteiger partial charge in [-0.3, -0.25) is 10.4 Å². The highest BCUT2D eigenvalue weighted by molar-refractivity contribution is 5.99. The van der Waals surface area contributed by atoms with Gasteiger partial charge < -0.3 is 5.32 Å². The van der Waals surface area contributed by atoms with Gasteiger partial charge in [-0.25, -0.2) is 9.18 Å². The average molecular weight is 234 g/mol. The number of aryl methyl sites for hydroxylation is 1. The number of urea groups is 1. The second-order valence-corrected chi connectivity index (χ2v) is 3.50. The summed E-state index contributed by atoms with van der Waals surface area (Å²) in [7, 11) is 0. The number of nitrogens with one attached hydrogen (secondary N) is 3. The molecule has 0 atom stereocenters. The summed E-state index contributed by atoms with van der Waals surface area (Å²) in [5.74, 6) is -0.0998. The Hall–Kier alpha value is -2.37. The van der Waals surface area contributed by atoms with E-state index in [9.17, 15) is 9.18 Å². The van der Waals surface area contributed by atoms with Crippen LogP contribution in [0.3, 0.4) is 0 Å². The van der Waals surface area contributed by atoms with Crippen LogP contribution < -0.4 is 10.6 Å². The van der Waals surface area contributed by atoms with E-state index in [-0.39, 0.29) is 5.69 Å². The maximum atomic E-state index is 13.2. The molecule has 3 N–H and O–H groups in total. The Morgan fingerprint density at radius 2 is 2.12 bits per heavy atom. The molecule has 0 radical (unpaired) electrons. The number of H-pyrrole nitrogens is 1. The molecule has 6 heteroatoms. The number of para-hydroxylation sites is 1. The van der Waals surface area contributed by atoms with E-state index in [4.69, 9.17) is 0 Å². The molecule has 0 saturated heterocycles. The lowest BCUT2D eigenvalue weighted by molar-refractivity contribution is 0.262. The normalized spacial score (nSPS) is 10.0. The Kier molecular flexibility index (Phi) is 3.04. The molecule has 1 aromatic heterocycles. The van der Waals surface area contributed by atoms with Gasteiger partial charge in [-0.2, -0.15) is 5.10 Å². The highest BCUT2D eigenvalue weighted by Crippen LogP contribution is 2.13. The van der Waals surface area contributed by atoms with Crippen molar-refractivity contribution in [1.82, 2.24) is 10.2 Å². The molecule has 5 nitrogen and oxygen atoms in total. The van der Waals surface area contributed by atoms with Crippen molar-refractivity contribution < 1.29 is 9.18 Å². The fraction of sp³-hybridized carbons (Fsp3) is 0.0909. The number of carbonyl (C=O) groups excluding carboxylic acids is 1. The van der Waals surface area contributed by atoms with Gasteiger partial charge in [-0.1, -0.05) is 12.1 Å². The summed E-state index contributed by atoms with van der Waals surface area (Å²) in [5.41, 5.74) is 0.948. The average Bonchev–Trinajstić information content (AvgIpc) is 2.67. The molecule has 0 aliphatic carbocycles. The first-order valence-corrected chi connectivity index (χ1v) is 5.00. The van der Waals surface area contributed by atoms with Crippen LogP contribution in [0, 0.1) is 12.7 Å². The number of aromatic nitrogens is 2. The van der Waals surface area contributed by atoms with Crippen molar-refractivity contribution >= 4 is 17.5 Å². The molecule has 0 bridgehead atoms. The van der Waals surface area contributed by atoms with Gasteiger partial charge in [-0.15, -0.1) is 0 Å². The Balaban J connectivity index is 2.01. The zero-order chi connectivity index (χ0) is 12.3. The molecule has 1 aromatic carbocycles. The monoisotopic (exact) mass is 234 g/mol. The number of carbonyl (C=O) groups is 1. The quantitative estimate of drug-likeness (QED) is 0.747. The van der Waals surface area contributed by atoms with Crippen molar-refractivity contribution in [3.8, 4) is 0 Å². The molecule has 0 aliphatic heterocycles. The lowest BCUT2D eigenvalue weighted by Crippen LogP contribution is -2.20. The maximum absolute atomic E-state index is 13.2. The van der Waals surface area contributed by atoms with Gasteiger partial charge in [0.05, 0.1) is 5.69 Å². The minimum atomic E-state index is -0.540. The first-order valence-electron chi connectivity index (χ1n) is 5.00. The summed E-state index contributed by atoms with van der Waals surface area (Å²) in [5, 5.41) is 11.4. The van der Waals surface area contributed by atoms with Gasteiger partial charge in [0.1, 0.15) is 5.82 Å². The fourth-order valence-electron chi connectivity index (χ4n) is 1.31. The van der Waals surface area contributed by atoms with Crippen LogP contribution >= 0.6 is 0 Å². The second-order valence-electron chi connectivity index (χ2n) is 3.50. The first-order chi connectivity index (χ1) is 8.15. The smallest absolute Gasteiger partial charge is 0.305 e. The number of hydrogen-bond acceptors (Lipinski definition) is 2. The van der Waals surface area contributed by atoms with Crippen LogP contribution in [0.4, 0.5) is 20.7 Å². The zero-order valence-electron chi connectivity index (χ0n) is 9.12. The van der Waals surface area contributed by atoms with Gasteiger partial charge in [0, 0.05) is 11.8 Å². The third kappa shape index (κ3) is 2.81. The Morgan fingerprint density at radius 1 is 1.35 bits per heavy atom. The molecule has 0 saturated carbocycles. The Bertz CT molecular complexity index is 538. The third-order valence-corrected chi connectivity index (χ3v) is 2.07. The van der Waals surface area contributed by atoms with E-state index in [0.717, 1.165) is 5.69 Å². The molecule has 2 amide bonds. The SMILES string of the molecule is Cc1cc(NC(=O)Nc2ccccc2F)n[nH]1. The van der Waals surface area contributed by atoms with Crippen LogP contribution in [0.2, 0.25) is 0 Å². The van der Waals surface area contributed by atoms with E-state index in [1.807, 2.05) is 6.92 Å². The van der Waals surface area contributed by atoms with Crippen LogP contribution in [-0.2, 0) is 0 Å². The van der Waals surface area contributed by atoms with Crippen LogP contribution in [-0.4, -0.2) is 16.2 Å². The lowest BCUT2D eigenvalue weighted by Gasteiger charge is -2.05. The van der Waals surface area contributed by atoms with Crippen molar-refractivity contribution in [1.29, 1.82) is 0 Å². The van der Waals surface area contributed by atoms with Crippen molar-refractivity contribution in [2.75, 3.05) is 10.6 Å². The number of amides is 2. The summed E-state index contributed by atoms with van der Waals surface area (Å²) >= 11 is 0. The zero-order valence-corrected chi connectivity index (χ0v) is 9.12. The number of benzene rings is 1. The predicted octanol–water partition coefficient (Wildman–Crippen LogP) is 2.50. The van der Waals surface area contributed by atoms with Crippen LogP contribution in [0.25, 0.3) is 0 Å². The van der Waals surface area contributed by atoms with E-state index < -0.39 is 11.8 Å². The van der Waals surface area contributed by atoms with E-state index in [1.165, 1.54) is 12.1 Å². The topological polar surface area (TPSA) is 69.8 Å². The molecule has 88 valence electrons. The number of rotatable bonds is 2. The van der Waals surface area contributed by atoms with Crippen LogP contribution in [0.15, 0.2) is 30.3 Å². The van der Waals surface area contributed by atoms with Gasteiger partial charge >= 0.3 is 6.03 Å². The van der Waals surface area contributed by atoms with Gasteiger partial charge in [-0.05, 0) is 19.1 Å². The van der Waals surface area contributed by atoms with Gasteiger partial charge in [0.25, 0.3) is 0 Å². The standard InChI is InChI=1S/C11H11FN4O/c1-7-6-10(16-15-7)14-11(17)13-9-5-3-2-4-8(9)12/h2-6H,1H3,(H3,13,14,15,16,17). The van der Waals surface area contributed by atoms with E-state index in [0.29, 0.717) is 5.82 Å². The van der Waals surface area contributed by atoms with E-state index in [2.05, 4.69) is 20.8 Å². The van der Waals surface area contributed by atoms with Gasteiger partial charge in [0.2, 0.25) is 0 Å². The molecular weight excluding hydrogens is 223 g/mol. The molecule has 2 rings (SSSR count). The number of nitrogens with zero attached hydrogens (tertiary/aromatic N) is 1. The minimum Gasteiger partial charge on any atom is -0.305 e. The van der Waals surface area contributed by atoms with E-state index >= 15 is 0 Å². The number of halogens is 1. The summed E-state index contributed by atoms with van der Waals surface area (Å²) in [6, 6.07) is 7.06. The summed E-state index contributed by atoms with van der Waals surface area (Å²) in [4.78, 5) is 11.5. The molecule has 0 spiro atoms. The second kappa shape index (κ2) is 4.65. The van der Waals surface area contributed by atoms with E-state index in [1.54, 1.807) is 18.2 Å². The molecule has 0 unspecified atom stereocenters. The summed E-state index contributed by atoms with van der Waals surface area (Å²) < 4.78 is 13.2. The highest BCUT2D eigenvalue weighted by Gasteiger charge is 2.07. The molecule has 0 aliphatic rings. The van der Waals surface area contributed by atoms with Crippen LogP contribution in [0.5, 0.6) is 0 Å². The fourth-order valence-corrected chi connectivity index (χ4v) is 1.31. The number of hydrogen-bond donors (Lipinski definition) is 3. The Morgan fingerprint density at radius 3 is 2.76 bits per heavy atom. The summed E-state index contributed by atoms with van der Waals surface area (Å²) in [6.07, 6.45) is 0. The molecule has 0 fully saturated rings. The largest absolute Gasteiger partial charge is 0.324 e. The maximum Gasteiger partial charge on any atom is 0.324 e. The van der Waals surface area contributed by atoms with Crippen molar-refractivity contribution in [2.24, 2.45) is 0 Å². The molecule has 1 heterocycles. The minimum absolute atomic E-state index is 0.122.